The Morgan fingerprint density at radius 2 is 1.31 bits per heavy atom. The summed E-state index contributed by atoms with van der Waals surface area (Å²) in [4.78, 5) is 0. The van der Waals surface area contributed by atoms with Crippen molar-refractivity contribution in [3.8, 4) is 0 Å². The predicted octanol–water partition coefficient (Wildman–Crippen LogP) is -3.60. The molecule has 13 heavy (non-hydrogen) atoms. The average Bonchev–Trinajstić information content (AvgIpc) is 1.90. The smallest absolute Gasteiger partial charge is 0.515 e. The topological polar surface area (TPSA) is 9.23 Å². The van der Waals surface area contributed by atoms with Crippen LogP contribution in [0.3, 0.4) is 0 Å². The molecule has 0 aromatic heterocycles. The third-order valence-electron chi connectivity index (χ3n) is 2.01. The van der Waals surface area contributed by atoms with Crippen molar-refractivity contribution in [1.82, 2.24) is 0 Å². The van der Waals surface area contributed by atoms with E-state index in [1.807, 2.05) is 20.8 Å². The molecule has 0 rings (SSSR count). The molecule has 0 saturated heterocycles. The average molecular weight is 166 g/mol. The second-order valence-corrected chi connectivity index (χ2v) is 3.58. The number of ether oxygens (including phenoxy) is 1. The van der Waals surface area contributed by atoms with E-state index in [1.165, 1.54) is 12.2 Å². The van der Waals surface area contributed by atoms with Crippen LogP contribution in [0.5, 0.6) is 0 Å². The first-order valence-electron chi connectivity index (χ1n) is 3.61. The molecular formula is C10H16Li2O. The number of rotatable bonds is 3. The van der Waals surface area contributed by atoms with Gasteiger partial charge in [-0.15, -0.1) is 0 Å². The molecule has 0 aliphatic carbocycles. The van der Waals surface area contributed by atoms with Gasteiger partial charge in [-0.1, -0.05) is 20.8 Å². The van der Waals surface area contributed by atoms with Gasteiger partial charge in [0.25, 0.3) is 0 Å². The van der Waals surface area contributed by atoms with Crippen LogP contribution in [0.2, 0.25) is 0 Å². The summed E-state index contributed by atoms with van der Waals surface area (Å²) >= 11 is 0. The first-order valence-corrected chi connectivity index (χ1v) is 3.61. The summed E-state index contributed by atoms with van der Waals surface area (Å²) in [6.45, 7) is 17.0. The Balaban J connectivity index is -0.000000500. The van der Waals surface area contributed by atoms with Crippen LogP contribution in [-0.2, 0) is 4.74 Å². The van der Waals surface area contributed by atoms with E-state index in [0.29, 0.717) is 0 Å². The Kier molecular flexibility index (Phi) is 10.4. The van der Waals surface area contributed by atoms with Crippen LogP contribution >= 0.6 is 0 Å². The van der Waals surface area contributed by atoms with E-state index in [2.05, 4.69) is 0 Å². The quantitative estimate of drug-likeness (QED) is 0.311. The molecule has 64 valence electrons. The zero-order chi connectivity index (χ0) is 9.12. The molecule has 0 saturated carbocycles. The summed E-state index contributed by atoms with van der Waals surface area (Å²) in [5.74, 6) is 0. The van der Waals surface area contributed by atoms with Crippen LogP contribution in [-0.4, -0.2) is 12.7 Å². The summed E-state index contributed by atoms with van der Waals surface area (Å²) < 4.78 is 5.24. The maximum Gasteiger partial charge on any atom is 1.00 e. The fourth-order valence-corrected chi connectivity index (χ4v) is 0.998. The van der Waals surface area contributed by atoms with E-state index in [0.717, 1.165) is 0 Å². The first kappa shape index (κ1) is 19.2. The Morgan fingerprint density at radius 1 is 1.00 bits per heavy atom. The third kappa shape index (κ3) is 4.12. The van der Waals surface area contributed by atoms with Gasteiger partial charge >= 0.3 is 37.7 Å². The fourth-order valence-electron chi connectivity index (χ4n) is 0.998. The molecule has 0 aromatic rings. The molecule has 0 N–H and O–H groups in total. The van der Waals surface area contributed by atoms with Crippen molar-refractivity contribution in [2.45, 2.75) is 26.4 Å². The van der Waals surface area contributed by atoms with Gasteiger partial charge in [-0.2, -0.15) is 0 Å². The van der Waals surface area contributed by atoms with E-state index in [9.17, 15) is 0 Å². The van der Waals surface area contributed by atoms with Crippen molar-refractivity contribution in [3.63, 3.8) is 0 Å². The second kappa shape index (κ2) is 7.00. The Bertz CT molecular complexity index is 151. The van der Waals surface area contributed by atoms with Crippen molar-refractivity contribution < 1.29 is 42.5 Å². The number of hydrogen-bond donors (Lipinski definition) is 0. The van der Waals surface area contributed by atoms with Crippen molar-refractivity contribution in [1.29, 1.82) is 0 Å². The first-order chi connectivity index (χ1) is 4.93. The van der Waals surface area contributed by atoms with E-state index < -0.39 is 5.60 Å². The van der Waals surface area contributed by atoms with Gasteiger partial charge in [-0.25, -0.2) is 12.2 Å². The molecule has 0 radical (unpaired) electrons. The summed E-state index contributed by atoms with van der Waals surface area (Å²) in [5, 5.41) is 0. The molecule has 0 spiro atoms. The molecule has 0 bridgehead atoms. The molecule has 1 nitrogen and oxygen atoms in total. The standard InChI is InChI=1S/C10H16O.2Li/c1-7-10(8-2,11-6)9(3,4)5;;/h1-2,7-8H,3-6H3;;/q-2;2*+1. The largest absolute Gasteiger partial charge is 1.00 e. The molecule has 0 unspecified atom stereocenters. The van der Waals surface area contributed by atoms with E-state index >= 15 is 0 Å². The summed E-state index contributed by atoms with van der Waals surface area (Å²) in [6, 6.07) is 0. The van der Waals surface area contributed by atoms with E-state index in [-0.39, 0.29) is 43.1 Å². The normalized spacial score (nSPS) is 14.5. The van der Waals surface area contributed by atoms with Crippen LogP contribution in [0.15, 0.2) is 12.2 Å². The van der Waals surface area contributed by atoms with Crippen LogP contribution in [0.1, 0.15) is 20.8 Å². The van der Waals surface area contributed by atoms with Gasteiger partial charge in [0.1, 0.15) is 0 Å². The van der Waals surface area contributed by atoms with Crippen LogP contribution in [0, 0.1) is 18.6 Å². The van der Waals surface area contributed by atoms with Gasteiger partial charge in [0.15, 0.2) is 0 Å². The third-order valence-corrected chi connectivity index (χ3v) is 2.01. The minimum absolute atomic E-state index is 0. The molecular weight excluding hydrogens is 150 g/mol. The SMILES string of the molecule is [CH-]=CC(C=[CH-])(OC)C(C)(C)C.[Li+].[Li+]. The van der Waals surface area contributed by atoms with Crippen molar-refractivity contribution >= 4 is 0 Å². The maximum atomic E-state index is 5.45. The Labute approximate surface area is 106 Å². The van der Waals surface area contributed by atoms with Gasteiger partial charge in [0.05, 0.1) is 0 Å². The molecule has 0 amide bonds. The maximum absolute atomic E-state index is 5.45. The minimum atomic E-state index is -0.632. The molecule has 3 heteroatoms. The van der Waals surface area contributed by atoms with Gasteiger partial charge in [0.2, 0.25) is 0 Å². The molecule has 0 fully saturated rings. The molecule has 0 atom stereocenters. The number of hydrogen-bond acceptors (Lipinski definition) is 1. The van der Waals surface area contributed by atoms with Crippen LogP contribution in [0.4, 0.5) is 0 Å². The van der Waals surface area contributed by atoms with E-state index in [4.69, 9.17) is 17.9 Å². The van der Waals surface area contributed by atoms with Crippen molar-refractivity contribution in [2.75, 3.05) is 7.11 Å². The zero-order valence-electron chi connectivity index (χ0n) is 9.72. The van der Waals surface area contributed by atoms with Gasteiger partial charge in [0, 0.05) is 12.7 Å². The molecule has 0 aromatic carbocycles. The Hall–Kier alpha value is 0.635. The monoisotopic (exact) mass is 166 g/mol. The second-order valence-electron chi connectivity index (χ2n) is 3.58. The predicted molar refractivity (Wildman–Crippen MR) is 46.9 cm³/mol. The minimum Gasteiger partial charge on any atom is -0.515 e. The fraction of sp³-hybridized carbons (Fsp3) is 0.600. The van der Waals surface area contributed by atoms with Gasteiger partial charge < -0.3 is 17.9 Å². The van der Waals surface area contributed by atoms with Gasteiger partial charge in [-0.05, 0) is 5.41 Å². The van der Waals surface area contributed by atoms with Crippen molar-refractivity contribution in [3.05, 3.63) is 25.3 Å². The van der Waals surface area contributed by atoms with E-state index in [1.54, 1.807) is 7.11 Å². The summed E-state index contributed by atoms with van der Waals surface area (Å²) in [7, 11) is 1.60. The van der Waals surface area contributed by atoms with Crippen LogP contribution < -0.4 is 37.7 Å². The van der Waals surface area contributed by atoms with Gasteiger partial charge in [-0.3, -0.25) is 0 Å². The zero-order valence-corrected chi connectivity index (χ0v) is 9.72. The summed E-state index contributed by atoms with van der Waals surface area (Å²) in [6.07, 6.45) is 2.96. The van der Waals surface area contributed by atoms with Crippen molar-refractivity contribution in [2.24, 2.45) is 5.41 Å². The molecule has 0 aliphatic heterocycles. The molecule has 0 aliphatic rings. The Morgan fingerprint density at radius 3 is 1.31 bits per heavy atom. The summed E-state index contributed by atoms with van der Waals surface area (Å²) in [5.41, 5.74) is -0.752. The molecule has 0 heterocycles. The van der Waals surface area contributed by atoms with Crippen LogP contribution in [0.25, 0.3) is 0 Å². The number of methoxy groups -OCH3 is 1.